The van der Waals surface area contributed by atoms with E-state index in [9.17, 15) is 19.5 Å². The fourth-order valence-electron chi connectivity index (χ4n) is 5.44. The minimum absolute atomic E-state index is 0.0392. The monoisotopic (exact) mass is 509 g/mol. The summed E-state index contributed by atoms with van der Waals surface area (Å²) >= 11 is 0. The van der Waals surface area contributed by atoms with Crippen LogP contribution in [0, 0.1) is 5.92 Å². The molecule has 1 aromatic heterocycles. The molecular formula is C29H39N3O5. The fourth-order valence-corrected chi connectivity index (χ4v) is 5.44. The number of cyclic esters (lactones) is 1. The van der Waals surface area contributed by atoms with Crippen LogP contribution in [0.1, 0.15) is 69.8 Å². The molecule has 2 amide bonds. The highest BCUT2D eigenvalue weighted by atomic mass is 16.5. The number of para-hydroxylation sites is 1. The zero-order valence-electron chi connectivity index (χ0n) is 21.5. The van der Waals surface area contributed by atoms with Gasteiger partial charge < -0.3 is 25.5 Å². The predicted octanol–water partition coefficient (Wildman–Crippen LogP) is 3.69. The number of rotatable bonds is 6. The number of hydrogen-bond donors (Lipinski definition) is 4. The molecule has 8 nitrogen and oxygen atoms in total. The molecular weight excluding hydrogens is 470 g/mol. The third-order valence-electron chi connectivity index (χ3n) is 7.59. The van der Waals surface area contributed by atoms with Crippen molar-refractivity contribution in [3.05, 3.63) is 48.2 Å². The van der Waals surface area contributed by atoms with Gasteiger partial charge in [0.05, 0.1) is 24.1 Å². The molecule has 2 unspecified atom stereocenters. The SMILES string of the molecule is O=C(CC1CC=CCCCCC(=O)OCC(Cc2c[nH]c3ccccc23)NC1=O)NC1(CO)CCCC1. The molecule has 2 heterocycles. The standard InChI is InChI=1S/C29H39N3O5/c33-20-29(14-8-9-15-29)32-26(34)17-21-10-4-2-1-3-5-13-27(35)37-19-23(31-28(21)36)16-22-18-30-25-12-7-6-11-24(22)25/h2,4,6-7,11-12,18,21,23,30,33H,1,3,5,8-10,13-17,19-20H2,(H,31,36)(H,32,34). The van der Waals surface area contributed by atoms with Gasteiger partial charge in [-0.2, -0.15) is 0 Å². The Morgan fingerprint density at radius 3 is 2.73 bits per heavy atom. The first kappa shape index (κ1) is 26.9. The maximum Gasteiger partial charge on any atom is 0.305 e. The van der Waals surface area contributed by atoms with Crippen LogP contribution in [0.4, 0.5) is 0 Å². The molecule has 0 saturated heterocycles. The zero-order chi connectivity index (χ0) is 26.1. The summed E-state index contributed by atoms with van der Waals surface area (Å²) in [4.78, 5) is 42.0. The van der Waals surface area contributed by atoms with E-state index in [-0.39, 0.29) is 37.4 Å². The van der Waals surface area contributed by atoms with Crippen molar-refractivity contribution in [2.45, 2.75) is 82.2 Å². The molecule has 8 heteroatoms. The Morgan fingerprint density at radius 2 is 1.92 bits per heavy atom. The van der Waals surface area contributed by atoms with Crippen molar-refractivity contribution in [2.75, 3.05) is 13.2 Å². The van der Waals surface area contributed by atoms with E-state index in [2.05, 4.69) is 15.6 Å². The van der Waals surface area contributed by atoms with Gasteiger partial charge in [0.2, 0.25) is 11.8 Å². The number of aliphatic hydroxyl groups is 1. The number of carbonyl (C=O) groups excluding carboxylic acids is 3. The number of nitrogens with one attached hydrogen (secondary N) is 3. The molecule has 0 bridgehead atoms. The summed E-state index contributed by atoms with van der Waals surface area (Å²) in [6.45, 7) is -0.0139. The third kappa shape index (κ3) is 7.44. The molecule has 1 aromatic carbocycles. The molecule has 1 saturated carbocycles. The normalized spacial score (nSPS) is 23.3. The van der Waals surface area contributed by atoms with Crippen molar-refractivity contribution in [2.24, 2.45) is 5.92 Å². The number of aliphatic hydroxyl groups excluding tert-OH is 1. The second kappa shape index (κ2) is 12.9. The van der Waals surface area contributed by atoms with Crippen LogP contribution >= 0.6 is 0 Å². The number of H-pyrrole nitrogens is 1. The van der Waals surface area contributed by atoms with Gasteiger partial charge in [0.1, 0.15) is 6.61 Å². The number of aromatic nitrogens is 1. The summed E-state index contributed by atoms with van der Waals surface area (Å²) in [5.41, 5.74) is 1.46. The molecule has 1 aliphatic heterocycles. The van der Waals surface area contributed by atoms with E-state index >= 15 is 0 Å². The zero-order valence-corrected chi connectivity index (χ0v) is 21.5. The molecule has 200 valence electrons. The Labute approximate surface area is 218 Å². The summed E-state index contributed by atoms with van der Waals surface area (Å²) in [5, 5.41) is 17.0. The number of carbonyl (C=O) groups is 3. The van der Waals surface area contributed by atoms with Crippen LogP contribution in [0.25, 0.3) is 10.9 Å². The summed E-state index contributed by atoms with van der Waals surface area (Å²) in [6.07, 6.45) is 13.1. The van der Waals surface area contributed by atoms with Crippen molar-refractivity contribution in [1.29, 1.82) is 0 Å². The van der Waals surface area contributed by atoms with Crippen molar-refractivity contribution in [3.8, 4) is 0 Å². The highest BCUT2D eigenvalue weighted by Gasteiger charge is 2.35. The number of allylic oxidation sites excluding steroid dienone is 2. The van der Waals surface area contributed by atoms with Crippen molar-refractivity contribution >= 4 is 28.7 Å². The molecule has 2 atom stereocenters. The van der Waals surface area contributed by atoms with E-state index in [1.807, 2.05) is 42.6 Å². The van der Waals surface area contributed by atoms with Crippen LogP contribution in [-0.2, 0) is 25.5 Å². The topological polar surface area (TPSA) is 121 Å². The van der Waals surface area contributed by atoms with Gasteiger partial charge in [0.25, 0.3) is 0 Å². The van der Waals surface area contributed by atoms with Crippen LogP contribution in [0.15, 0.2) is 42.6 Å². The lowest BCUT2D eigenvalue weighted by atomic mass is 9.95. The maximum atomic E-state index is 13.5. The van der Waals surface area contributed by atoms with Gasteiger partial charge in [0.15, 0.2) is 0 Å². The molecule has 1 fully saturated rings. The largest absolute Gasteiger partial charge is 0.463 e. The lowest BCUT2D eigenvalue weighted by Crippen LogP contribution is -2.50. The Bertz CT molecular complexity index is 1100. The second-order valence-corrected chi connectivity index (χ2v) is 10.5. The molecule has 2 aliphatic rings. The summed E-state index contributed by atoms with van der Waals surface area (Å²) in [6, 6.07) is 7.53. The molecule has 1 aliphatic carbocycles. The predicted molar refractivity (Wildman–Crippen MR) is 142 cm³/mol. The maximum absolute atomic E-state index is 13.5. The van der Waals surface area contributed by atoms with E-state index in [4.69, 9.17) is 4.74 Å². The second-order valence-electron chi connectivity index (χ2n) is 10.5. The number of aromatic amines is 1. The van der Waals surface area contributed by atoms with Crippen LogP contribution in [0.3, 0.4) is 0 Å². The Morgan fingerprint density at radius 1 is 1.11 bits per heavy atom. The number of benzene rings is 1. The number of amides is 2. The van der Waals surface area contributed by atoms with Gasteiger partial charge >= 0.3 is 5.97 Å². The molecule has 4 N–H and O–H groups in total. The first-order chi connectivity index (χ1) is 18.0. The van der Waals surface area contributed by atoms with Crippen LogP contribution in [0.5, 0.6) is 0 Å². The van der Waals surface area contributed by atoms with E-state index < -0.39 is 17.5 Å². The van der Waals surface area contributed by atoms with Gasteiger partial charge in [-0.15, -0.1) is 0 Å². The number of hydrogen-bond acceptors (Lipinski definition) is 5. The lowest BCUT2D eigenvalue weighted by molar-refractivity contribution is -0.145. The van der Waals surface area contributed by atoms with Gasteiger partial charge in [0, 0.05) is 29.9 Å². The lowest BCUT2D eigenvalue weighted by Gasteiger charge is -2.29. The minimum atomic E-state index is -0.572. The number of esters is 1. The van der Waals surface area contributed by atoms with Crippen LogP contribution in [-0.4, -0.2) is 52.7 Å². The minimum Gasteiger partial charge on any atom is -0.463 e. The van der Waals surface area contributed by atoms with E-state index in [1.54, 1.807) is 0 Å². The summed E-state index contributed by atoms with van der Waals surface area (Å²) in [5.74, 6) is -1.27. The van der Waals surface area contributed by atoms with Gasteiger partial charge in [-0.1, -0.05) is 43.2 Å². The van der Waals surface area contributed by atoms with E-state index in [0.29, 0.717) is 19.3 Å². The summed E-state index contributed by atoms with van der Waals surface area (Å²) in [7, 11) is 0. The molecule has 0 radical (unpaired) electrons. The van der Waals surface area contributed by atoms with E-state index in [0.717, 1.165) is 61.4 Å². The van der Waals surface area contributed by atoms with Gasteiger partial charge in [-0.25, -0.2) is 0 Å². The van der Waals surface area contributed by atoms with E-state index in [1.165, 1.54) is 0 Å². The Balaban J connectivity index is 1.49. The van der Waals surface area contributed by atoms with Crippen molar-refractivity contribution < 1.29 is 24.2 Å². The third-order valence-corrected chi connectivity index (χ3v) is 7.59. The Hall–Kier alpha value is -3.13. The highest BCUT2D eigenvalue weighted by molar-refractivity contribution is 5.87. The number of ether oxygens (including phenoxy) is 1. The smallest absolute Gasteiger partial charge is 0.305 e. The molecule has 2 aromatic rings. The van der Waals surface area contributed by atoms with Gasteiger partial charge in [-0.05, 0) is 56.6 Å². The molecule has 4 rings (SSSR count). The fraction of sp³-hybridized carbons (Fsp3) is 0.552. The summed E-state index contributed by atoms with van der Waals surface area (Å²) < 4.78 is 5.55. The average molecular weight is 510 g/mol. The first-order valence-electron chi connectivity index (χ1n) is 13.6. The van der Waals surface area contributed by atoms with Crippen molar-refractivity contribution in [3.63, 3.8) is 0 Å². The van der Waals surface area contributed by atoms with Gasteiger partial charge in [-0.3, -0.25) is 14.4 Å². The number of fused-ring (bicyclic) bond motifs is 1. The van der Waals surface area contributed by atoms with Crippen LogP contribution in [0.2, 0.25) is 0 Å². The quantitative estimate of drug-likeness (QED) is 0.350. The van der Waals surface area contributed by atoms with Crippen LogP contribution < -0.4 is 10.6 Å². The molecule has 37 heavy (non-hydrogen) atoms. The molecule has 0 spiro atoms. The highest BCUT2D eigenvalue weighted by Crippen LogP contribution is 2.29. The first-order valence-corrected chi connectivity index (χ1v) is 13.6. The van der Waals surface area contributed by atoms with Crippen molar-refractivity contribution in [1.82, 2.24) is 15.6 Å². The Kier molecular flexibility index (Phi) is 9.39. The average Bonchev–Trinajstić information content (AvgIpc) is 3.53.